The van der Waals surface area contributed by atoms with Gasteiger partial charge in [0.1, 0.15) is 0 Å². The lowest BCUT2D eigenvalue weighted by atomic mass is 9.81. The number of rotatable bonds is 3. The molecule has 0 saturated carbocycles. The predicted molar refractivity (Wildman–Crippen MR) is 137 cm³/mol. The molecule has 158 valence electrons. The van der Waals surface area contributed by atoms with Crippen LogP contribution in [0.5, 0.6) is 0 Å². The van der Waals surface area contributed by atoms with Crippen LogP contribution >= 0.6 is 0 Å². The quantitative estimate of drug-likeness (QED) is 0.298. The SMILES string of the molecule is CC(=Nc1ccccc1C)c1ccc(-c2ccc3c(c2)C(C)(C)c2cc(C)ccc2-3)cc1. The Balaban J connectivity index is 1.48. The minimum Gasteiger partial charge on any atom is -0.253 e. The number of aliphatic imine (C=N–C) groups is 1. The van der Waals surface area contributed by atoms with Crippen molar-refractivity contribution in [2.24, 2.45) is 4.99 Å². The highest BCUT2D eigenvalue weighted by Crippen LogP contribution is 2.49. The second-order valence-corrected chi connectivity index (χ2v) is 9.50. The molecule has 5 rings (SSSR count). The molecule has 0 heterocycles. The van der Waals surface area contributed by atoms with Crippen LogP contribution in [-0.2, 0) is 5.41 Å². The van der Waals surface area contributed by atoms with Crippen LogP contribution in [-0.4, -0.2) is 5.71 Å². The van der Waals surface area contributed by atoms with E-state index in [0.29, 0.717) is 0 Å². The van der Waals surface area contributed by atoms with Crippen LogP contribution in [0.2, 0.25) is 0 Å². The van der Waals surface area contributed by atoms with Crippen LogP contribution in [0.15, 0.2) is 89.9 Å². The Morgan fingerprint density at radius 3 is 2.03 bits per heavy atom. The Morgan fingerprint density at radius 2 is 1.31 bits per heavy atom. The molecule has 0 radical (unpaired) electrons. The Kier molecular flexibility index (Phi) is 4.86. The Morgan fingerprint density at radius 1 is 0.688 bits per heavy atom. The van der Waals surface area contributed by atoms with Crippen molar-refractivity contribution in [2.45, 2.75) is 40.0 Å². The highest BCUT2D eigenvalue weighted by Gasteiger charge is 2.35. The maximum absolute atomic E-state index is 4.84. The molecule has 0 bridgehead atoms. The molecule has 0 N–H and O–H groups in total. The maximum atomic E-state index is 4.84. The molecule has 0 fully saturated rings. The first-order valence-corrected chi connectivity index (χ1v) is 11.3. The van der Waals surface area contributed by atoms with E-state index in [9.17, 15) is 0 Å². The second-order valence-electron chi connectivity index (χ2n) is 9.50. The predicted octanol–water partition coefficient (Wildman–Crippen LogP) is 8.42. The lowest BCUT2D eigenvalue weighted by Gasteiger charge is -2.22. The van der Waals surface area contributed by atoms with Crippen LogP contribution < -0.4 is 0 Å². The highest BCUT2D eigenvalue weighted by molar-refractivity contribution is 6.00. The number of aryl methyl sites for hydroxylation is 2. The van der Waals surface area contributed by atoms with Crippen molar-refractivity contribution >= 4 is 11.4 Å². The molecule has 0 atom stereocenters. The van der Waals surface area contributed by atoms with Gasteiger partial charge in [-0.05, 0) is 77.4 Å². The van der Waals surface area contributed by atoms with Gasteiger partial charge < -0.3 is 0 Å². The molecule has 0 spiro atoms. The lowest BCUT2D eigenvalue weighted by molar-refractivity contribution is 0.660. The fourth-order valence-corrected chi connectivity index (χ4v) is 4.87. The first-order valence-electron chi connectivity index (χ1n) is 11.3. The van der Waals surface area contributed by atoms with Crippen LogP contribution in [0.3, 0.4) is 0 Å². The molecule has 4 aromatic carbocycles. The van der Waals surface area contributed by atoms with Gasteiger partial charge in [0.15, 0.2) is 0 Å². The summed E-state index contributed by atoms with van der Waals surface area (Å²) in [4.78, 5) is 4.84. The summed E-state index contributed by atoms with van der Waals surface area (Å²) in [7, 11) is 0. The number of fused-ring (bicyclic) bond motifs is 3. The molecule has 1 heteroatoms. The van der Waals surface area contributed by atoms with E-state index < -0.39 is 0 Å². The van der Waals surface area contributed by atoms with E-state index in [1.165, 1.54) is 44.5 Å². The van der Waals surface area contributed by atoms with Crippen molar-refractivity contribution in [1.82, 2.24) is 0 Å². The summed E-state index contributed by atoms with van der Waals surface area (Å²) in [6.45, 7) is 11.0. The summed E-state index contributed by atoms with van der Waals surface area (Å²) in [6, 6.07) is 30.8. The van der Waals surface area contributed by atoms with E-state index >= 15 is 0 Å². The maximum Gasteiger partial charge on any atom is 0.0662 e. The smallest absolute Gasteiger partial charge is 0.0662 e. The summed E-state index contributed by atoms with van der Waals surface area (Å²) in [5.74, 6) is 0. The van der Waals surface area contributed by atoms with Crippen molar-refractivity contribution in [1.29, 1.82) is 0 Å². The van der Waals surface area contributed by atoms with E-state index in [4.69, 9.17) is 4.99 Å². The molecule has 4 aromatic rings. The van der Waals surface area contributed by atoms with Gasteiger partial charge >= 0.3 is 0 Å². The Labute approximate surface area is 191 Å². The zero-order valence-corrected chi connectivity index (χ0v) is 19.5. The lowest BCUT2D eigenvalue weighted by Crippen LogP contribution is -2.15. The Hall–Kier alpha value is -3.45. The molecular formula is C31H29N. The van der Waals surface area contributed by atoms with E-state index in [-0.39, 0.29) is 5.41 Å². The van der Waals surface area contributed by atoms with Gasteiger partial charge in [-0.3, -0.25) is 4.99 Å². The fraction of sp³-hybridized carbons (Fsp3) is 0.194. The normalized spacial score (nSPS) is 14.2. The van der Waals surface area contributed by atoms with E-state index in [1.54, 1.807) is 0 Å². The minimum atomic E-state index is 0.0173. The molecule has 1 aliphatic rings. The van der Waals surface area contributed by atoms with Gasteiger partial charge in [-0.15, -0.1) is 0 Å². The van der Waals surface area contributed by atoms with Crippen molar-refractivity contribution in [3.63, 3.8) is 0 Å². The average molecular weight is 416 g/mol. The summed E-state index contributed by atoms with van der Waals surface area (Å²) < 4.78 is 0. The van der Waals surface area contributed by atoms with Gasteiger partial charge in [0.2, 0.25) is 0 Å². The van der Waals surface area contributed by atoms with Crippen LogP contribution in [0.4, 0.5) is 5.69 Å². The largest absolute Gasteiger partial charge is 0.253 e. The van der Waals surface area contributed by atoms with Gasteiger partial charge in [-0.1, -0.05) is 92.2 Å². The third kappa shape index (κ3) is 3.39. The number of nitrogens with zero attached hydrogens (tertiary/aromatic N) is 1. The molecule has 32 heavy (non-hydrogen) atoms. The number of para-hydroxylation sites is 1. The Bertz CT molecular complexity index is 1350. The fourth-order valence-electron chi connectivity index (χ4n) is 4.87. The number of hydrogen-bond donors (Lipinski definition) is 0. The second kappa shape index (κ2) is 7.60. The summed E-state index contributed by atoms with van der Waals surface area (Å²) in [5, 5.41) is 0. The van der Waals surface area contributed by atoms with Gasteiger partial charge in [-0.2, -0.15) is 0 Å². The third-order valence-corrected chi connectivity index (χ3v) is 6.87. The average Bonchev–Trinajstić information content (AvgIpc) is 3.01. The zero-order chi connectivity index (χ0) is 22.5. The minimum absolute atomic E-state index is 0.0173. The van der Waals surface area contributed by atoms with Gasteiger partial charge in [0.05, 0.1) is 5.69 Å². The zero-order valence-electron chi connectivity index (χ0n) is 19.5. The molecular weight excluding hydrogens is 386 g/mol. The van der Waals surface area contributed by atoms with Crippen LogP contribution in [0.25, 0.3) is 22.3 Å². The molecule has 0 aliphatic heterocycles. The topological polar surface area (TPSA) is 12.4 Å². The van der Waals surface area contributed by atoms with E-state index in [1.807, 2.05) is 6.07 Å². The molecule has 0 amide bonds. The van der Waals surface area contributed by atoms with Gasteiger partial charge in [-0.25, -0.2) is 0 Å². The van der Waals surface area contributed by atoms with Crippen molar-refractivity contribution in [2.75, 3.05) is 0 Å². The summed E-state index contributed by atoms with van der Waals surface area (Å²) >= 11 is 0. The van der Waals surface area contributed by atoms with E-state index in [2.05, 4.69) is 113 Å². The first kappa shape index (κ1) is 20.5. The van der Waals surface area contributed by atoms with Crippen LogP contribution in [0.1, 0.15) is 48.6 Å². The van der Waals surface area contributed by atoms with Crippen molar-refractivity contribution in [3.05, 3.63) is 113 Å². The van der Waals surface area contributed by atoms with E-state index in [0.717, 1.165) is 17.0 Å². The summed E-state index contributed by atoms with van der Waals surface area (Å²) in [5.41, 5.74) is 13.8. The standard InChI is InChI=1S/C31H29N/c1-20-10-16-26-27-17-15-25(19-29(27)31(4,5)28(26)18-20)24-13-11-23(12-14-24)22(3)32-30-9-7-6-8-21(30)2/h6-19H,1-5H3. The first-order chi connectivity index (χ1) is 15.3. The highest BCUT2D eigenvalue weighted by atomic mass is 14.7. The van der Waals surface area contributed by atoms with Gasteiger partial charge in [0, 0.05) is 11.1 Å². The third-order valence-electron chi connectivity index (χ3n) is 6.87. The molecule has 1 aliphatic carbocycles. The molecule has 0 saturated heterocycles. The van der Waals surface area contributed by atoms with Crippen LogP contribution in [0, 0.1) is 13.8 Å². The van der Waals surface area contributed by atoms with Gasteiger partial charge in [0.25, 0.3) is 0 Å². The molecule has 0 aromatic heterocycles. The number of hydrogen-bond acceptors (Lipinski definition) is 1. The summed E-state index contributed by atoms with van der Waals surface area (Å²) in [6.07, 6.45) is 0. The molecule has 1 nitrogen and oxygen atoms in total. The van der Waals surface area contributed by atoms with Crippen molar-refractivity contribution in [3.8, 4) is 22.3 Å². The number of benzene rings is 4. The monoisotopic (exact) mass is 415 g/mol. The molecule has 0 unspecified atom stereocenters. The van der Waals surface area contributed by atoms with Crippen molar-refractivity contribution < 1.29 is 0 Å².